The molecule has 0 amide bonds. The van der Waals surface area contributed by atoms with Crippen molar-refractivity contribution >= 4 is 17.6 Å². The molecule has 2 N–H and O–H groups in total. The third-order valence-corrected chi connectivity index (χ3v) is 6.06. The number of halogens is 9. The van der Waals surface area contributed by atoms with E-state index in [1.54, 1.807) is 0 Å². The van der Waals surface area contributed by atoms with Crippen molar-refractivity contribution in [2.75, 3.05) is 30.3 Å². The van der Waals surface area contributed by atoms with Gasteiger partial charge in [-0.15, -0.1) is 0 Å². The Morgan fingerprint density at radius 3 is 2.15 bits per heavy atom. The Balaban J connectivity index is 1.45. The molecule has 2 aromatic carbocycles. The molecule has 0 atom stereocenters. The van der Waals surface area contributed by atoms with E-state index in [4.69, 9.17) is 0 Å². The fourth-order valence-corrected chi connectivity index (χ4v) is 4.18. The first-order chi connectivity index (χ1) is 19.2. The maximum atomic E-state index is 13.3. The quantitative estimate of drug-likeness (QED) is 0.282. The third kappa shape index (κ3) is 8.83. The van der Waals surface area contributed by atoms with Gasteiger partial charge >= 0.3 is 24.5 Å². The van der Waals surface area contributed by atoms with Crippen molar-refractivity contribution in [2.45, 2.75) is 44.0 Å². The van der Waals surface area contributed by atoms with Crippen LogP contribution in [0.1, 0.15) is 29.5 Å². The molecule has 41 heavy (non-hydrogen) atoms. The third-order valence-electron chi connectivity index (χ3n) is 6.06. The van der Waals surface area contributed by atoms with Crippen LogP contribution >= 0.6 is 0 Å². The highest BCUT2D eigenvalue weighted by molar-refractivity contribution is 5.56. The van der Waals surface area contributed by atoms with Crippen molar-refractivity contribution in [2.24, 2.45) is 0 Å². The molecule has 222 valence electrons. The Hall–Kier alpha value is -3.82. The largest absolute Gasteiger partial charge is 0.454 e. The number of hydrogen-bond donors (Lipinski definition) is 2. The Kier molecular flexibility index (Phi) is 8.80. The molecule has 0 spiro atoms. The number of anilines is 3. The molecule has 1 fully saturated rings. The number of likely N-dealkylation sites (tertiary alicyclic amines) is 1. The summed E-state index contributed by atoms with van der Waals surface area (Å²) in [5.74, 6) is -0.548. The summed E-state index contributed by atoms with van der Waals surface area (Å²) in [6, 6.07) is 8.31. The average Bonchev–Trinajstić information content (AvgIpc) is 2.88. The lowest BCUT2D eigenvalue weighted by Gasteiger charge is -2.33. The van der Waals surface area contributed by atoms with E-state index in [1.165, 1.54) is 24.3 Å². The van der Waals surface area contributed by atoms with Crippen LogP contribution in [0, 0.1) is 0 Å². The molecule has 2 heterocycles. The summed E-state index contributed by atoms with van der Waals surface area (Å²) in [6.07, 6.45) is -12.9. The van der Waals surface area contributed by atoms with E-state index in [1.807, 2.05) is 4.90 Å². The first kappa shape index (κ1) is 30.1. The number of nitrogens with one attached hydrogen (secondary N) is 2. The molecule has 1 aromatic heterocycles. The van der Waals surface area contributed by atoms with Gasteiger partial charge in [0.1, 0.15) is 0 Å². The molecule has 4 rings (SSSR count). The molecular formula is C25H23F9N6O. The van der Waals surface area contributed by atoms with Crippen LogP contribution < -0.4 is 15.4 Å². The van der Waals surface area contributed by atoms with Crippen molar-refractivity contribution < 1.29 is 44.3 Å². The van der Waals surface area contributed by atoms with E-state index < -0.39 is 42.3 Å². The van der Waals surface area contributed by atoms with Gasteiger partial charge in [-0.05, 0) is 42.7 Å². The molecule has 0 aliphatic carbocycles. The lowest BCUT2D eigenvalue weighted by molar-refractivity contribution is -0.154. The summed E-state index contributed by atoms with van der Waals surface area (Å²) in [5.41, 5.74) is -1.61. The molecule has 0 saturated carbocycles. The maximum Gasteiger partial charge on any atom is 0.422 e. The molecule has 0 unspecified atom stereocenters. The van der Waals surface area contributed by atoms with Crippen LogP contribution in [-0.2, 0) is 18.9 Å². The zero-order valence-electron chi connectivity index (χ0n) is 21.0. The molecule has 1 aliphatic rings. The smallest absolute Gasteiger partial charge is 0.422 e. The van der Waals surface area contributed by atoms with Crippen LogP contribution in [0.15, 0.2) is 48.5 Å². The monoisotopic (exact) mass is 594 g/mol. The number of nitrogens with zero attached hydrogens (tertiary/aromatic N) is 4. The molecule has 0 bridgehead atoms. The highest BCUT2D eigenvalue weighted by Crippen LogP contribution is 2.33. The summed E-state index contributed by atoms with van der Waals surface area (Å²) in [4.78, 5) is 13.5. The van der Waals surface area contributed by atoms with E-state index in [-0.39, 0.29) is 35.7 Å². The zero-order chi connectivity index (χ0) is 29.8. The predicted molar refractivity (Wildman–Crippen MR) is 129 cm³/mol. The van der Waals surface area contributed by atoms with Gasteiger partial charge in [0, 0.05) is 31.4 Å². The summed E-state index contributed by atoms with van der Waals surface area (Å²) in [5, 5.41) is 5.47. The van der Waals surface area contributed by atoms with Gasteiger partial charge in [-0.25, -0.2) is 0 Å². The van der Waals surface area contributed by atoms with Crippen LogP contribution in [0.2, 0.25) is 0 Å². The number of aromatic nitrogens is 3. The second-order valence-corrected chi connectivity index (χ2v) is 9.22. The van der Waals surface area contributed by atoms with E-state index in [9.17, 15) is 39.5 Å². The van der Waals surface area contributed by atoms with Crippen molar-refractivity contribution in [3.8, 4) is 6.01 Å². The second kappa shape index (κ2) is 12.0. The number of rotatable bonds is 8. The molecular weight excluding hydrogens is 571 g/mol. The fraction of sp³-hybridized carbons (Fsp3) is 0.400. The molecule has 0 radical (unpaired) electrons. The van der Waals surface area contributed by atoms with Crippen molar-refractivity contribution in [3.63, 3.8) is 0 Å². The van der Waals surface area contributed by atoms with E-state index in [0.717, 1.165) is 24.3 Å². The van der Waals surface area contributed by atoms with Crippen LogP contribution in [-0.4, -0.2) is 51.8 Å². The Morgan fingerprint density at radius 2 is 1.49 bits per heavy atom. The number of benzene rings is 2. The Labute approximate surface area is 227 Å². The Morgan fingerprint density at radius 1 is 0.805 bits per heavy atom. The Bertz CT molecular complexity index is 1320. The maximum absolute atomic E-state index is 13.3. The van der Waals surface area contributed by atoms with Gasteiger partial charge in [-0.3, -0.25) is 4.90 Å². The minimum absolute atomic E-state index is 0.0776. The van der Waals surface area contributed by atoms with Crippen LogP contribution in [0.3, 0.4) is 0 Å². The summed E-state index contributed by atoms with van der Waals surface area (Å²) in [7, 11) is 0. The average molecular weight is 594 g/mol. The van der Waals surface area contributed by atoms with Gasteiger partial charge in [-0.2, -0.15) is 54.5 Å². The van der Waals surface area contributed by atoms with Crippen molar-refractivity contribution in [1.82, 2.24) is 19.9 Å². The number of hydrogen-bond acceptors (Lipinski definition) is 7. The fourth-order valence-electron chi connectivity index (χ4n) is 4.18. The van der Waals surface area contributed by atoms with Crippen LogP contribution in [0.5, 0.6) is 6.01 Å². The molecule has 3 aromatic rings. The van der Waals surface area contributed by atoms with Gasteiger partial charge in [0.05, 0.1) is 11.1 Å². The van der Waals surface area contributed by atoms with E-state index >= 15 is 0 Å². The van der Waals surface area contributed by atoms with Gasteiger partial charge in [0.15, 0.2) is 6.61 Å². The van der Waals surface area contributed by atoms with Gasteiger partial charge in [-0.1, -0.05) is 24.3 Å². The van der Waals surface area contributed by atoms with E-state index in [0.29, 0.717) is 25.9 Å². The standard InChI is InChI=1S/C25H23F9N6O/c26-23(27,28)14-41-22-38-20(37-21(39-22)36-18-6-3-5-16(12-18)24(29,30)31)35-17-8-10-40(11-9-17)13-15-4-1-2-7-19(15)25(32,33)34/h1-7,12,17H,8-11,13-14H2,(H2,35,36,37,38,39). The van der Waals surface area contributed by atoms with Gasteiger partial charge in [0.2, 0.25) is 11.9 Å². The van der Waals surface area contributed by atoms with Crippen LogP contribution in [0.4, 0.5) is 57.1 Å². The zero-order valence-corrected chi connectivity index (χ0v) is 21.0. The minimum Gasteiger partial charge on any atom is -0.454 e. The van der Waals surface area contributed by atoms with Crippen molar-refractivity contribution in [1.29, 1.82) is 0 Å². The lowest BCUT2D eigenvalue weighted by Crippen LogP contribution is -2.39. The second-order valence-electron chi connectivity index (χ2n) is 9.22. The summed E-state index contributed by atoms with van der Waals surface area (Å²) in [6.45, 7) is -0.824. The normalized spacial score (nSPS) is 15.5. The number of alkyl halides is 9. The first-order valence-corrected chi connectivity index (χ1v) is 12.2. The highest BCUT2D eigenvalue weighted by Gasteiger charge is 2.34. The predicted octanol–water partition coefficient (Wildman–Crippen LogP) is 6.67. The molecule has 7 nitrogen and oxygen atoms in total. The summed E-state index contributed by atoms with van der Waals surface area (Å²) >= 11 is 0. The summed E-state index contributed by atoms with van der Waals surface area (Å²) < 4.78 is 122. The first-order valence-electron chi connectivity index (χ1n) is 12.2. The SMILES string of the molecule is FC(F)(F)COc1nc(Nc2cccc(C(F)(F)F)c2)nc(NC2CCN(Cc3ccccc3C(F)(F)F)CC2)n1. The molecule has 1 saturated heterocycles. The highest BCUT2D eigenvalue weighted by atomic mass is 19.4. The molecule has 16 heteroatoms. The van der Waals surface area contributed by atoms with E-state index in [2.05, 4.69) is 30.3 Å². The minimum atomic E-state index is -4.70. The van der Waals surface area contributed by atoms with Crippen molar-refractivity contribution in [3.05, 3.63) is 65.2 Å². The molecule has 1 aliphatic heterocycles. The van der Waals surface area contributed by atoms with Gasteiger partial charge in [0.25, 0.3) is 0 Å². The number of piperidine rings is 1. The lowest BCUT2D eigenvalue weighted by atomic mass is 10.0. The topological polar surface area (TPSA) is 75.2 Å². The number of ether oxygens (including phenoxy) is 1. The van der Waals surface area contributed by atoms with Gasteiger partial charge < -0.3 is 15.4 Å². The van der Waals surface area contributed by atoms with Crippen LogP contribution in [0.25, 0.3) is 0 Å².